The molecule has 0 unspecified atom stereocenters. The number of allylic oxidation sites excluding steroid dienone is 4. The Morgan fingerprint density at radius 1 is 0.753 bits per heavy atom. The number of ether oxygens (including phenoxy) is 7. The monoisotopic (exact) mass is 1030 g/mol. The van der Waals surface area contributed by atoms with Crippen molar-refractivity contribution >= 4 is 50.1 Å². The summed E-state index contributed by atoms with van der Waals surface area (Å²) in [5.41, 5.74) is 7.24. The van der Waals surface area contributed by atoms with Gasteiger partial charge in [0, 0.05) is 84.8 Å². The van der Waals surface area contributed by atoms with Gasteiger partial charge in [-0.1, -0.05) is 36.4 Å². The summed E-state index contributed by atoms with van der Waals surface area (Å²) in [6.07, 6.45) is 8.30. The minimum Gasteiger partial charge on any atom is -0.492 e. The first-order valence-electron chi connectivity index (χ1n) is 24.8. The summed E-state index contributed by atoms with van der Waals surface area (Å²) in [6, 6.07) is 21.4. The van der Waals surface area contributed by atoms with Crippen LogP contribution < -0.4 is 14.5 Å². The lowest BCUT2D eigenvalue weighted by molar-refractivity contribution is -0.438. The van der Waals surface area contributed by atoms with E-state index in [1.165, 1.54) is 18.2 Å². The molecule has 0 saturated carbocycles. The van der Waals surface area contributed by atoms with Gasteiger partial charge in [0.1, 0.15) is 18.1 Å². The second-order valence-electron chi connectivity index (χ2n) is 19.1. The van der Waals surface area contributed by atoms with E-state index in [4.69, 9.17) is 38.0 Å². The summed E-state index contributed by atoms with van der Waals surface area (Å²) in [5, 5.41) is 19.8. The zero-order chi connectivity index (χ0) is 52.2. The summed E-state index contributed by atoms with van der Waals surface area (Å²) < 4.78 is 78.1. The van der Waals surface area contributed by atoms with Crippen molar-refractivity contribution in [1.82, 2.24) is 4.73 Å². The summed E-state index contributed by atoms with van der Waals surface area (Å²) in [5.74, 6) is -0.0417. The van der Waals surface area contributed by atoms with Gasteiger partial charge in [0.15, 0.2) is 5.71 Å². The minimum atomic E-state index is -4.50. The van der Waals surface area contributed by atoms with Crippen molar-refractivity contribution in [2.45, 2.75) is 76.2 Å². The highest BCUT2D eigenvalue weighted by molar-refractivity contribution is 7.85. The molecule has 0 radical (unpaired) electrons. The maximum Gasteiger partial charge on any atom is 0.333 e. The fourth-order valence-corrected chi connectivity index (χ4v) is 9.86. The van der Waals surface area contributed by atoms with Gasteiger partial charge >= 0.3 is 5.97 Å². The van der Waals surface area contributed by atoms with Crippen LogP contribution in [-0.2, 0) is 48.7 Å². The molecule has 3 aliphatic rings. The van der Waals surface area contributed by atoms with E-state index >= 15 is 0 Å². The number of methoxy groups -OCH3 is 1. The van der Waals surface area contributed by atoms with E-state index in [2.05, 4.69) is 54.5 Å². The maximum absolute atomic E-state index is 12.6. The van der Waals surface area contributed by atoms with Gasteiger partial charge in [-0.15, -0.1) is 4.73 Å². The molecule has 0 aliphatic carbocycles. The maximum atomic E-state index is 12.6. The molecule has 4 heterocycles. The Kier molecular flexibility index (Phi) is 18.8. The molecule has 73 heavy (non-hydrogen) atoms. The first-order chi connectivity index (χ1) is 35.0. The van der Waals surface area contributed by atoms with E-state index in [1.54, 1.807) is 19.2 Å². The van der Waals surface area contributed by atoms with Gasteiger partial charge in [-0.25, -0.2) is 4.79 Å². The number of hydrogen-bond acceptors (Lipinski definition) is 14. The summed E-state index contributed by atoms with van der Waals surface area (Å²) in [7, 11) is -2.86. The molecular formula is C55H70N3O14S+. The number of carbonyl (C=O) groups is 1. The predicted octanol–water partition coefficient (Wildman–Crippen LogP) is 7.99. The number of aromatic nitrogens is 1. The van der Waals surface area contributed by atoms with Gasteiger partial charge in [0.2, 0.25) is 17.4 Å². The number of anilines is 1. The third-order valence-electron chi connectivity index (χ3n) is 13.0. The molecule has 0 bridgehead atoms. The Balaban J connectivity index is 1.09. The Morgan fingerprint density at radius 2 is 1.37 bits per heavy atom. The van der Waals surface area contributed by atoms with Crippen molar-refractivity contribution in [2.75, 3.05) is 97.8 Å². The van der Waals surface area contributed by atoms with Crippen LogP contribution in [0.1, 0.15) is 82.6 Å². The van der Waals surface area contributed by atoms with E-state index in [-0.39, 0.29) is 28.6 Å². The fourth-order valence-electron chi connectivity index (χ4n) is 9.36. The molecule has 3 N–H and O–H groups in total. The van der Waals surface area contributed by atoms with E-state index in [9.17, 15) is 28.0 Å². The standard InChI is InChI=1S/C55H69N3O14S/c1-39-38-54(2,3)57(21-22-66-25-26-68-29-30-70-32-31-69-28-27-67-24-23-65-6)47-37-49-44(36-43(39)47)41(33-48(71-49)40-13-9-7-10-14-40)34-50-55(4,5)45-35-42(73(62,63)64)16-17-46(45)56(50)20-12-8-11-15-53(61)72-58-51(59)18-19-52(58)60/h7,9-10,13-14,16-19,33-38H,8,11-12,15,20-32H2,1-6H3,(H2-,59,60,62,63,64)/p+1. The second-order valence-corrected chi connectivity index (χ2v) is 20.5. The first-order valence-corrected chi connectivity index (χ1v) is 26.2. The number of rotatable bonds is 28. The van der Waals surface area contributed by atoms with Crippen molar-refractivity contribution in [3.63, 3.8) is 0 Å². The average Bonchev–Trinajstić information content (AvgIpc) is 3.78. The summed E-state index contributed by atoms with van der Waals surface area (Å²) >= 11 is 0. The SMILES string of the molecule is COCCOCCOCCOCCOCCOCCN1c2cc3c(cc2C(C)=CC1(C)C)C(=CC1=[N+](CCCCCC(=O)On2c(O)ccc2O)c2ccc(S(=O)(=O)O)cc2C1(C)C)C=C(c1ccccc1)O3. The van der Waals surface area contributed by atoms with Gasteiger partial charge < -0.3 is 53.1 Å². The van der Waals surface area contributed by atoms with Crippen molar-refractivity contribution in [2.24, 2.45) is 0 Å². The highest BCUT2D eigenvalue weighted by Crippen LogP contribution is 2.48. The summed E-state index contributed by atoms with van der Waals surface area (Å²) in [4.78, 5) is 19.9. The third-order valence-corrected chi connectivity index (χ3v) is 13.9. The molecular weight excluding hydrogens is 959 g/mol. The van der Waals surface area contributed by atoms with Crippen LogP contribution in [0.15, 0.2) is 95.9 Å². The highest BCUT2D eigenvalue weighted by atomic mass is 32.2. The zero-order valence-electron chi connectivity index (χ0n) is 42.8. The normalized spacial score (nSPS) is 16.2. The van der Waals surface area contributed by atoms with Crippen LogP contribution in [0.3, 0.4) is 0 Å². The lowest BCUT2D eigenvalue weighted by Crippen LogP contribution is -2.47. The Hall–Kier alpha value is -5.83. The quantitative estimate of drug-likeness (QED) is 0.0281. The van der Waals surface area contributed by atoms with Gasteiger partial charge in [-0.3, -0.25) is 4.55 Å². The molecule has 3 aliphatic heterocycles. The topological polar surface area (TPSA) is 197 Å². The van der Waals surface area contributed by atoms with Crippen molar-refractivity contribution in [3.05, 3.63) is 113 Å². The fraction of sp³-hybridized carbons (Fsp3) is 0.455. The molecule has 18 heteroatoms. The first kappa shape index (κ1) is 54.9. The van der Waals surface area contributed by atoms with Crippen molar-refractivity contribution in [3.8, 4) is 17.5 Å². The van der Waals surface area contributed by atoms with Crippen LogP contribution in [0.4, 0.5) is 11.4 Å². The van der Waals surface area contributed by atoms with Crippen LogP contribution >= 0.6 is 0 Å². The average molecular weight is 1030 g/mol. The molecule has 17 nitrogen and oxygen atoms in total. The highest BCUT2D eigenvalue weighted by Gasteiger charge is 2.46. The summed E-state index contributed by atoms with van der Waals surface area (Å²) in [6.45, 7) is 17.1. The molecule has 3 aromatic carbocycles. The van der Waals surface area contributed by atoms with E-state index in [0.29, 0.717) is 121 Å². The number of fused-ring (bicyclic) bond motifs is 3. The van der Waals surface area contributed by atoms with E-state index in [0.717, 1.165) is 50.5 Å². The number of hydrogen-bond donors (Lipinski definition) is 3. The smallest absolute Gasteiger partial charge is 0.333 e. The van der Waals surface area contributed by atoms with Crippen molar-refractivity contribution in [1.29, 1.82) is 0 Å². The van der Waals surface area contributed by atoms with Crippen molar-refractivity contribution < 1.29 is 70.5 Å². The number of unbranched alkanes of at least 4 members (excludes halogenated alkanes) is 2. The Morgan fingerprint density at radius 3 is 1.99 bits per heavy atom. The molecule has 0 spiro atoms. The molecule has 0 amide bonds. The van der Waals surface area contributed by atoms with Gasteiger partial charge in [-0.2, -0.15) is 13.0 Å². The molecule has 0 saturated heterocycles. The Labute approximate surface area is 428 Å². The lowest BCUT2D eigenvalue weighted by Gasteiger charge is -2.44. The van der Waals surface area contributed by atoms with Crippen LogP contribution in [0, 0.1) is 0 Å². The van der Waals surface area contributed by atoms with Gasteiger partial charge in [-0.05, 0) is 82.9 Å². The van der Waals surface area contributed by atoms with Crippen LogP contribution in [-0.4, -0.2) is 143 Å². The second kappa shape index (κ2) is 24.9. The minimum absolute atomic E-state index is 0.0540. The number of benzene rings is 3. The predicted molar refractivity (Wildman–Crippen MR) is 277 cm³/mol. The van der Waals surface area contributed by atoms with Gasteiger partial charge in [0.05, 0.1) is 88.5 Å². The lowest BCUT2D eigenvalue weighted by atomic mass is 9.80. The van der Waals surface area contributed by atoms with Crippen LogP contribution in [0.25, 0.3) is 16.9 Å². The molecule has 394 valence electrons. The third kappa shape index (κ3) is 13.9. The molecule has 0 atom stereocenters. The zero-order valence-corrected chi connectivity index (χ0v) is 43.6. The number of carbonyl (C=O) groups excluding carboxylic acids is 1. The van der Waals surface area contributed by atoms with Crippen LogP contribution in [0.2, 0.25) is 0 Å². The molecule has 7 rings (SSSR count). The largest absolute Gasteiger partial charge is 0.492 e. The Bertz CT molecular complexity index is 2780. The molecule has 0 fully saturated rings. The van der Waals surface area contributed by atoms with Gasteiger partial charge in [0.25, 0.3) is 10.1 Å². The van der Waals surface area contributed by atoms with E-state index in [1.807, 2.05) is 50.3 Å². The number of aromatic hydroxyl groups is 2. The molecule has 1 aromatic heterocycles. The van der Waals surface area contributed by atoms with E-state index < -0.39 is 21.5 Å². The molecule has 4 aromatic rings. The van der Waals surface area contributed by atoms with Crippen LogP contribution in [0.5, 0.6) is 17.5 Å². The number of nitrogens with zero attached hydrogens (tertiary/aromatic N) is 3.